The van der Waals surface area contributed by atoms with Gasteiger partial charge in [0.05, 0.1) is 23.1 Å². The Kier molecular flexibility index (Phi) is 6.22. The van der Waals surface area contributed by atoms with Gasteiger partial charge < -0.3 is 4.90 Å². The van der Waals surface area contributed by atoms with Crippen LogP contribution in [0.4, 0.5) is 0 Å². The molecule has 0 aromatic carbocycles. The van der Waals surface area contributed by atoms with E-state index < -0.39 is 0 Å². The molecule has 6 nitrogen and oxygen atoms in total. The maximum absolute atomic E-state index is 12.9. The van der Waals surface area contributed by atoms with Crippen molar-refractivity contribution in [1.29, 1.82) is 5.26 Å². The van der Waals surface area contributed by atoms with E-state index in [-0.39, 0.29) is 23.1 Å². The first kappa shape index (κ1) is 19.9. The maximum Gasteiger partial charge on any atom is 0.262 e. The van der Waals surface area contributed by atoms with E-state index in [9.17, 15) is 9.59 Å². The molecule has 1 aliphatic carbocycles. The van der Waals surface area contributed by atoms with Crippen molar-refractivity contribution in [2.75, 3.05) is 18.8 Å². The summed E-state index contributed by atoms with van der Waals surface area (Å²) in [5.74, 6) is -0.0253. The number of aromatic nitrogens is 2. The van der Waals surface area contributed by atoms with Crippen molar-refractivity contribution < 1.29 is 4.79 Å². The molecule has 0 aliphatic heterocycles. The molecule has 0 spiro atoms. The van der Waals surface area contributed by atoms with Crippen molar-refractivity contribution >= 4 is 39.2 Å². The van der Waals surface area contributed by atoms with E-state index in [1.165, 1.54) is 28.6 Å². The molecule has 1 amide bonds. The van der Waals surface area contributed by atoms with Gasteiger partial charge in [-0.3, -0.25) is 14.2 Å². The van der Waals surface area contributed by atoms with E-state index in [1.807, 2.05) is 6.92 Å². The minimum absolute atomic E-state index is 0.0141. The van der Waals surface area contributed by atoms with Gasteiger partial charge in [0.15, 0.2) is 5.16 Å². The van der Waals surface area contributed by atoms with Crippen molar-refractivity contribution in [3.05, 3.63) is 20.8 Å². The predicted molar refractivity (Wildman–Crippen MR) is 109 cm³/mol. The first-order valence-corrected chi connectivity index (χ1v) is 11.1. The summed E-state index contributed by atoms with van der Waals surface area (Å²) in [6.45, 7) is 4.70. The van der Waals surface area contributed by atoms with Crippen LogP contribution in [-0.2, 0) is 24.7 Å². The quantitative estimate of drug-likeness (QED) is 0.546. The lowest BCUT2D eigenvalue weighted by Crippen LogP contribution is -2.35. The molecule has 1 atom stereocenters. The van der Waals surface area contributed by atoms with Crippen LogP contribution in [0, 0.1) is 17.2 Å². The number of hydrogen-bond acceptors (Lipinski definition) is 6. The fourth-order valence-corrected chi connectivity index (χ4v) is 5.57. The average molecular weight is 405 g/mol. The topological polar surface area (TPSA) is 79.0 Å². The van der Waals surface area contributed by atoms with Crippen LogP contribution >= 0.6 is 23.1 Å². The normalized spacial score (nSPS) is 14.6. The fraction of sp³-hybridized carbons (Fsp3) is 0.579. The van der Waals surface area contributed by atoms with E-state index in [0.29, 0.717) is 18.2 Å². The highest BCUT2D eigenvalue weighted by Gasteiger charge is 2.22. The van der Waals surface area contributed by atoms with Gasteiger partial charge in [0, 0.05) is 25.0 Å². The number of fused-ring (bicyclic) bond motifs is 3. The SMILES string of the molecule is CCN(CC(C)C#N)C(=O)CSc1nc2sc3c(c2c(=O)n1C)CCCC3. The molecule has 144 valence electrons. The van der Waals surface area contributed by atoms with Gasteiger partial charge in [-0.2, -0.15) is 5.26 Å². The number of thiophene rings is 1. The Labute approximate surface area is 167 Å². The Morgan fingerprint density at radius 1 is 1.44 bits per heavy atom. The van der Waals surface area contributed by atoms with Crippen molar-refractivity contribution in [1.82, 2.24) is 14.5 Å². The predicted octanol–water partition coefficient (Wildman–Crippen LogP) is 2.97. The lowest BCUT2D eigenvalue weighted by Gasteiger charge is -2.21. The minimum atomic E-state index is -0.199. The Balaban J connectivity index is 1.81. The fourth-order valence-electron chi connectivity index (χ4n) is 3.39. The zero-order chi connectivity index (χ0) is 19.6. The summed E-state index contributed by atoms with van der Waals surface area (Å²) in [6.07, 6.45) is 4.29. The van der Waals surface area contributed by atoms with Gasteiger partial charge in [0.25, 0.3) is 5.56 Å². The molecule has 0 fully saturated rings. The Bertz CT molecular complexity index is 957. The zero-order valence-electron chi connectivity index (χ0n) is 15.9. The van der Waals surface area contributed by atoms with E-state index in [4.69, 9.17) is 10.2 Å². The second-order valence-electron chi connectivity index (χ2n) is 6.90. The second kappa shape index (κ2) is 8.44. The number of nitriles is 1. The summed E-state index contributed by atoms with van der Waals surface area (Å²) < 4.78 is 1.57. The van der Waals surface area contributed by atoms with Gasteiger partial charge in [-0.05, 0) is 45.1 Å². The third-order valence-corrected chi connectivity index (χ3v) is 7.13. The first-order chi connectivity index (χ1) is 13.0. The highest BCUT2D eigenvalue weighted by atomic mass is 32.2. The van der Waals surface area contributed by atoms with Crippen molar-refractivity contribution in [2.45, 2.75) is 44.7 Å². The highest BCUT2D eigenvalue weighted by Crippen LogP contribution is 2.34. The van der Waals surface area contributed by atoms with Crippen LogP contribution in [0.25, 0.3) is 10.2 Å². The number of nitrogens with zero attached hydrogens (tertiary/aromatic N) is 4. The molecule has 2 aromatic rings. The summed E-state index contributed by atoms with van der Waals surface area (Å²) in [4.78, 5) is 33.9. The van der Waals surface area contributed by atoms with Crippen LogP contribution in [0.15, 0.2) is 9.95 Å². The average Bonchev–Trinajstić information content (AvgIpc) is 3.05. The lowest BCUT2D eigenvalue weighted by molar-refractivity contribution is -0.128. The van der Waals surface area contributed by atoms with Crippen molar-refractivity contribution in [3.8, 4) is 6.07 Å². The number of carbonyl (C=O) groups excluding carboxylic acids is 1. The minimum Gasteiger partial charge on any atom is -0.341 e. The summed E-state index contributed by atoms with van der Waals surface area (Å²) in [7, 11) is 1.73. The number of carbonyl (C=O) groups is 1. The summed E-state index contributed by atoms with van der Waals surface area (Å²) in [5.41, 5.74) is 1.17. The molecule has 0 saturated carbocycles. The Hall–Kier alpha value is -1.85. The largest absolute Gasteiger partial charge is 0.341 e. The molecule has 1 aliphatic rings. The van der Waals surface area contributed by atoms with Crippen LogP contribution in [0.1, 0.15) is 37.1 Å². The second-order valence-corrected chi connectivity index (χ2v) is 8.93. The van der Waals surface area contributed by atoms with Gasteiger partial charge >= 0.3 is 0 Å². The molecule has 0 radical (unpaired) electrons. The van der Waals surface area contributed by atoms with Gasteiger partial charge in [0.1, 0.15) is 4.83 Å². The van der Waals surface area contributed by atoms with Crippen LogP contribution in [0.5, 0.6) is 0 Å². The van der Waals surface area contributed by atoms with E-state index >= 15 is 0 Å². The summed E-state index contributed by atoms with van der Waals surface area (Å²) in [6, 6.07) is 2.16. The van der Waals surface area contributed by atoms with Gasteiger partial charge in [-0.25, -0.2) is 4.98 Å². The number of amides is 1. The Morgan fingerprint density at radius 3 is 2.89 bits per heavy atom. The molecule has 0 N–H and O–H groups in total. The molecule has 0 saturated heterocycles. The van der Waals surface area contributed by atoms with Gasteiger partial charge in [-0.15, -0.1) is 11.3 Å². The zero-order valence-corrected chi connectivity index (χ0v) is 17.6. The van der Waals surface area contributed by atoms with Gasteiger partial charge in [-0.1, -0.05) is 11.8 Å². The van der Waals surface area contributed by atoms with Crippen LogP contribution < -0.4 is 5.56 Å². The molecule has 8 heteroatoms. The number of rotatable bonds is 6. The monoisotopic (exact) mass is 404 g/mol. The molecule has 1 unspecified atom stereocenters. The van der Waals surface area contributed by atoms with E-state index in [0.717, 1.165) is 29.5 Å². The lowest BCUT2D eigenvalue weighted by atomic mass is 9.97. The first-order valence-electron chi connectivity index (χ1n) is 9.27. The molecular weight excluding hydrogens is 380 g/mol. The van der Waals surface area contributed by atoms with Crippen LogP contribution in [0.2, 0.25) is 0 Å². The highest BCUT2D eigenvalue weighted by molar-refractivity contribution is 7.99. The number of aryl methyl sites for hydroxylation is 2. The number of hydrogen-bond donors (Lipinski definition) is 0. The van der Waals surface area contributed by atoms with E-state index in [2.05, 4.69) is 6.07 Å². The standard InChI is InChI=1S/C19H24N4O2S2/c1-4-23(10-12(2)9-20)15(24)11-26-19-21-17-16(18(25)22(19)3)13-7-5-6-8-14(13)27-17/h12H,4-8,10-11H2,1-3H3. The molecule has 2 aromatic heterocycles. The number of thioether (sulfide) groups is 1. The molecule has 27 heavy (non-hydrogen) atoms. The van der Waals surface area contributed by atoms with E-state index in [1.54, 1.807) is 34.8 Å². The Morgan fingerprint density at radius 2 is 2.19 bits per heavy atom. The third kappa shape index (κ3) is 4.04. The van der Waals surface area contributed by atoms with Crippen molar-refractivity contribution in [2.24, 2.45) is 13.0 Å². The van der Waals surface area contributed by atoms with Crippen LogP contribution in [0.3, 0.4) is 0 Å². The molecular formula is C19H24N4O2S2. The van der Waals surface area contributed by atoms with Crippen molar-refractivity contribution in [3.63, 3.8) is 0 Å². The summed E-state index contributed by atoms with van der Waals surface area (Å²) >= 11 is 2.92. The maximum atomic E-state index is 12.9. The van der Waals surface area contributed by atoms with Gasteiger partial charge in [0.2, 0.25) is 5.91 Å². The van der Waals surface area contributed by atoms with Crippen LogP contribution in [-0.4, -0.2) is 39.2 Å². The summed E-state index contributed by atoms with van der Waals surface area (Å²) in [5, 5.41) is 10.3. The smallest absolute Gasteiger partial charge is 0.262 e. The molecule has 3 rings (SSSR count). The molecule has 0 bridgehead atoms. The molecule has 2 heterocycles. The third-order valence-electron chi connectivity index (χ3n) is 4.93.